The molecule has 0 radical (unpaired) electrons. The number of benzene rings is 2. The molecule has 2 aromatic carbocycles. The number of carbonyl (C=O) groups excluding carboxylic acids is 1. The average Bonchev–Trinajstić information content (AvgIpc) is 2.73. The summed E-state index contributed by atoms with van der Waals surface area (Å²) in [5.41, 5.74) is -0.322. The van der Waals surface area contributed by atoms with E-state index in [1.54, 1.807) is 12.1 Å². The summed E-state index contributed by atoms with van der Waals surface area (Å²) in [5, 5.41) is 22.4. The van der Waals surface area contributed by atoms with Gasteiger partial charge in [-0.1, -0.05) is 23.2 Å². The molecule has 0 aliphatic carbocycles. The van der Waals surface area contributed by atoms with E-state index >= 15 is 0 Å². The van der Waals surface area contributed by atoms with Crippen molar-refractivity contribution in [3.8, 4) is 23.3 Å². The first-order valence-electron chi connectivity index (χ1n) is 8.12. The van der Waals surface area contributed by atoms with Crippen LogP contribution in [-0.2, 0) is 4.79 Å². The van der Waals surface area contributed by atoms with E-state index in [1.807, 2.05) is 0 Å². The maximum Gasteiger partial charge on any atom is 0.272 e. The van der Waals surface area contributed by atoms with Gasteiger partial charge in [0, 0.05) is 23.8 Å². The van der Waals surface area contributed by atoms with Crippen LogP contribution in [0.25, 0.3) is 6.08 Å². The van der Waals surface area contributed by atoms with E-state index in [0.29, 0.717) is 22.8 Å². The number of rotatable bonds is 7. The second-order valence-electron chi connectivity index (χ2n) is 5.61. The third-order valence-corrected chi connectivity index (χ3v) is 4.47. The van der Waals surface area contributed by atoms with Crippen molar-refractivity contribution in [2.24, 2.45) is 0 Å². The highest BCUT2D eigenvalue weighted by atomic mass is 35.5. The third-order valence-electron chi connectivity index (χ3n) is 3.88. The van der Waals surface area contributed by atoms with Gasteiger partial charge in [0.1, 0.15) is 17.4 Å². The predicted molar refractivity (Wildman–Crippen MR) is 111 cm³/mol. The van der Waals surface area contributed by atoms with Gasteiger partial charge in [-0.25, -0.2) is 0 Å². The molecule has 9 nitrogen and oxygen atoms in total. The van der Waals surface area contributed by atoms with Crippen molar-refractivity contribution in [2.75, 3.05) is 26.6 Å². The first kappa shape index (κ1) is 22.8. The molecule has 0 saturated carbocycles. The van der Waals surface area contributed by atoms with Crippen molar-refractivity contribution in [3.05, 3.63) is 55.6 Å². The fourth-order valence-electron chi connectivity index (χ4n) is 2.44. The Balaban J connectivity index is 2.44. The second-order valence-corrected chi connectivity index (χ2v) is 6.43. The Morgan fingerprint density at radius 2 is 1.60 bits per heavy atom. The number of nitro groups is 1. The highest BCUT2D eigenvalue weighted by Gasteiger charge is 2.19. The maximum atomic E-state index is 12.6. The molecule has 1 amide bonds. The average molecular weight is 452 g/mol. The van der Waals surface area contributed by atoms with Crippen LogP contribution in [0.3, 0.4) is 0 Å². The molecule has 156 valence electrons. The number of anilines is 1. The van der Waals surface area contributed by atoms with Crippen LogP contribution in [-0.4, -0.2) is 32.2 Å². The lowest BCUT2D eigenvalue weighted by molar-refractivity contribution is -0.384. The lowest BCUT2D eigenvalue weighted by atomic mass is 10.1. The van der Waals surface area contributed by atoms with Gasteiger partial charge in [-0.2, -0.15) is 5.26 Å². The Kier molecular flexibility index (Phi) is 7.47. The van der Waals surface area contributed by atoms with Crippen LogP contribution < -0.4 is 19.5 Å². The number of nitriles is 1. The van der Waals surface area contributed by atoms with Crippen LogP contribution in [0.2, 0.25) is 10.0 Å². The second kappa shape index (κ2) is 9.82. The normalized spacial score (nSPS) is 10.7. The Morgan fingerprint density at radius 3 is 2.07 bits per heavy atom. The quantitative estimate of drug-likeness (QED) is 0.284. The highest BCUT2D eigenvalue weighted by Crippen LogP contribution is 2.37. The first-order valence-corrected chi connectivity index (χ1v) is 8.87. The van der Waals surface area contributed by atoms with Gasteiger partial charge in [0.15, 0.2) is 11.5 Å². The summed E-state index contributed by atoms with van der Waals surface area (Å²) < 4.78 is 15.7. The number of ether oxygens (including phenoxy) is 3. The zero-order valence-corrected chi connectivity index (χ0v) is 17.5. The molecule has 0 bridgehead atoms. The smallest absolute Gasteiger partial charge is 0.272 e. The van der Waals surface area contributed by atoms with Crippen molar-refractivity contribution >= 4 is 46.6 Å². The van der Waals surface area contributed by atoms with Crippen molar-refractivity contribution < 1.29 is 23.9 Å². The summed E-state index contributed by atoms with van der Waals surface area (Å²) in [4.78, 5) is 22.8. The number of nitrogens with zero attached hydrogens (tertiary/aromatic N) is 2. The first-order chi connectivity index (χ1) is 14.2. The van der Waals surface area contributed by atoms with Gasteiger partial charge >= 0.3 is 0 Å². The molecule has 0 spiro atoms. The van der Waals surface area contributed by atoms with E-state index in [-0.39, 0.29) is 27.0 Å². The summed E-state index contributed by atoms with van der Waals surface area (Å²) in [7, 11) is 4.31. The minimum Gasteiger partial charge on any atom is -0.496 e. The van der Waals surface area contributed by atoms with Crippen molar-refractivity contribution in [2.45, 2.75) is 0 Å². The van der Waals surface area contributed by atoms with Gasteiger partial charge in [0.25, 0.3) is 11.6 Å². The van der Waals surface area contributed by atoms with Gasteiger partial charge in [0.05, 0.1) is 42.0 Å². The summed E-state index contributed by atoms with van der Waals surface area (Å²) in [6.45, 7) is 0. The van der Waals surface area contributed by atoms with E-state index in [1.165, 1.54) is 33.5 Å². The minimum absolute atomic E-state index is 0.0608. The Morgan fingerprint density at radius 1 is 1.07 bits per heavy atom. The van der Waals surface area contributed by atoms with Crippen LogP contribution in [0.15, 0.2) is 29.8 Å². The summed E-state index contributed by atoms with van der Waals surface area (Å²) in [5.74, 6) is 0.272. The zero-order chi connectivity index (χ0) is 22.4. The highest BCUT2D eigenvalue weighted by molar-refractivity contribution is 6.40. The molecule has 0 unspecified atom stereocenters. The van der Waals surface area contributed by atoms with Crippen LogP contribution in [0.5, 0.6) is 17.2 Å². The van der Waals surface area contributed by atoms with Gasteiger partial charge in [-0.05, 0) is 12.1 Å². The molecular formula is C19H15Cl2N3O6. The Hall–Kier alpha value is -3.48. The van der Waals surface area contributed by atoms with Gasteiger partial charge < -0.3 is 19.5 Å². The monoisotopic (exact) mass is 451 g/mol. The van der Waals surface area contributed by atoms with Gasteiger partial charge in [-0.3, -0.25) is 14.9 Å². The molecule has 0 fully saturated rings. The van der Waals surface area contributed by atoms with E-state index in [0.717, 1.165) is 12.1 Å². The lowest BCUT2D eigenvalue weighted by Gasteiger charge is -2.13. The lowest BCUT2D eigenvalue weighted by Crippen LogP contribution is -2.14. The SMILES string of the molecule is COc1cc(OC)c(OC)cc1/C=C(\C#N)C(=O)Nc1c(Cl)cc([N+](=O)[O-])cc1Cl. The number of hydrogen-bond acceptors (Lipinski definition) is 7. The number of nitrogens with one attached hydrogen (secondary N) is 1. The standard InChI is InChI=1S/C19H15Cl2N3O6/c1-28-15-8-17(30-3)16(29-2)5-10(15)4-11(9-22)19(25)23-18-13(20)6-12(24(26)27)7-14(18)21/h4-8H,1-3H3,(H,23,25)/b11-4+. The van der Waals surface area contributed by atoms with Gasteiger partial charge in [-0.15, -0.1) is 0 Å². The molecule has 0 atom stereocenters. The summed E-state index contributed by atoms with van der Waals surface area (Å²) >= 11 is 12.0. The number of nitro benzene ring substituents is 1. The molecule has 30 heavy (non-hydrogen) atoms. The van der Waals surface area contributed by atoms with Crippen LogP contribution in [0.1, 0.15) is 5.56 Å². The fraction of sp³-hybridized carbons (Fsp3) is 0.158. The third kappa shape index (κ3) is 4.92. The Bertz CT molecular complexity index is 1060. The molecule has 0 aliphatic rings. The molecule has 0 heterocycles. The van der Waals surface area contributed by atoms with Crippen LogP contribution in [0.4, 0.5) is 11.4 Å². The molecule has 11 heteroatoms. The van der Waals surface area contributed by atoms with E-state index in [4.69, 9.17) is 37.4 Å². The van der Waals surface area contributed by atoms with Gasteiger partial charge in [0.2, 0.25) is 0 Å². The topological polar surface area (TPSA) is 124 Å². The largest absolute Gasteiger partial charge is 0.496 e. The Labute approximate surface area is 181 Å². The molecule has 0 aromatic heterocycles. The van der Waals surface area contributed by atoms with E-state index in [9.17, 15) is 20.2 Å². The summed E-state index contributed by atoms with van der Waals surface area (Å²) in [6.07, 6.45) is 1.28. The number of halogens is 2. The number of carbonyl (C=O) groups is 1. The molecular weight excluding hydrogens is 437 g/mol. The predicted octanol–water partition coefficient (Wildman–Crippen LogP) is 4.47. The summed E-state index contributed by atoms with van der Waals surface area (Å²) in [6, 6.07) is 6.94. The van der Waals surface area contributed by atoms with Crippen molar-refractivity contribution in [1.29, 1.82) is 5.26 Å². The van der Waals surface area contributed by atoms with E-state index in [2.05, 4.69) is 5.32 Å². The van der Waals surface area contributed by atoms with Crippen molar-refractivity contribution in [3.63, 3.8) is 0 Å². The van der Waals surface area contributed by atoms with E-state index < -0.39 is 10.8 Å². The van der Waals surface area contributed by atoms with Crippen molar-refractivity contribution in [1.82, 2.24) is 0 Å². The molecule has 0 saturated heterocycles. The molecule has 2 aromatic rings. The molecule has 0 aliphatic heterocycles. The molecule has 2 rings (SSSR count). The fourth-order valence-corrected chi connectivity index (χ4v) is 3.01. The minimum atomic E-state index is -0.827. The zero-order valence-electron chi connectivity index (χ0n) is 16.0. The number of non-ortho nitro benzene ring substituents is 1. The number of hydrogen-bond donors (Lipinski definition) is 1. The maximum absolute atomic E-state index is 12.6. The number of methoxy groups -OCH3 is 3. The molecule has 1 N–H and O–H groups in total. The van der Waals surface area contributed by atoms with Crippen LogP contribution >= 0.6 is 23.2 Å². The number of amides is 1. The van der Waals surface area contributed by atoms with Crippen LogP contribution in [0, 0.1) is 21.4 Å².